The SMILES string of the molecule is CCOc1ccc2nc(N3C(=O)C(O)=C(C(=O)c4ccco4)C3c3cccc(OCc4ccccc4)c3)sc2c1. The third kappa shape index (κ3) is 4.71. The molecule has 0 aliphatic carbocycles. The number of nitrogens with zero attached hydrogens (tertiary/aromatic N) is 2. The van der Waals surface area contributed by atoms with Crippen molar-refractivity contribution in [2.75, 3.05) is 11.5 Å². The number of carbonyl (C=O) groups excluding carboxylic acids is 2. The molecule has 1 amide bonds. The van der Waals surface area contributed by atoms with Gasteiger partial charge in [0.15, 0.2) is 16.7 Å². The van der Waals surface area contributed by atoms with Crippen LogP contribution in [0.3, 0.4) is 0 Å². The lowest BCUT2D eigenvalue weighted by Crippen LogP contribution is -2.31. The minimum atomic E-state index is -0.961. The van der Waals surface area contributed by atoms with Crippen molar-refractivity contribution in [2.24, 2.45) is 0 Å². The maximum absolute atomic E-state index is 13.6. The average molecular weight is 553 g/mol. The Hall–Kier alpha value is -4.89. The number of aromatic nitrogens is 1. The molecule has 200 valence electrons. The molecule has 0 spiro atoms. The molecule has 9 heteroatoms. The van der Waals surface area contributed by atoms with E-state index in [9.17, 15) is 14.7 Å². The molecule has 0 saturated heterocycles. The molecule has 0 saturated carbocycles. The zero-order valence-electron chi connectivity index (χ0n) is 21.4. The van der Waals surface area contributed by atoms with Crippen molar-refractivity contribution in [3.8, 4) is 11.5 Å². The zero-order valence-corrected chi connectivity index (χ0v) is 22.3. The van der Waals surface area contributed by atoms with E-state index >= 15 is 0 Å². The molecule has 1 aliphatic rings. The molecule has 3 heterocycles. The van der Waals surface area contributed by atoms with Crippen molar-refractivity contribution in [3.05, 3.63) is 119 Å². The summed E-state index contributed by atoms with van der Waals surface area (Å²) in [6.07, 6.45) is 1.37. The molecule has 5 aromatic rings. The van der Waals surface area contributed by atoms with Crippen LogP contribution in [0.5, 0.6) is 11.5 Å². The van der Waals surface area contributed by atoms with Gasteiger partial charge in [0.25, 0.3) is 5.91 Å². The lowest BCUT2D eigenvalue weighted by Gasteiger charge is -2.24. The number of ketones is 1. The predicted molar refractivity (Wildman–Crippen MR) is 151 cm³/mol. The number of rotatable bonds is 9. The summed E-state index contributed by atoms with van der Waals surface area (Å²) in [6, 6.07) is 24.5. The van der Waals surface area contributed by atoms with E-state index in [4.69, 9.17) is 13.9 Å². The van der Waals surface area contributed by atoms with Gasteiger partial charge in [-0.2, -0.15) is 0 Å². The number of benzene rings is 3. The van der Waals surface area contributed by atoms with Gasteiger partial charge in [0.2, 0.25) is 5.78 Å². The number of fused-ring (bicyclic) bond motifs is 1. The van der Waals surface area contributed by atoms with Crippen LogP contribution >= 0.6 is 11.3 Å². The lowest BCUT2D eigenvalue weighted by molar-refractivity contribution is -0.117. The predicted octanol–water partition coefficient (Wildman–Crippen LogP) is 6.65. The quantitative estimate of drug-likeness (QED) is 0.204. The standard InChI is InChI=1S/C31H24N2O6S/c1-2-37-22-13-14-23-25(17-22)40-31(32-23)33-27(26(29(35)30(33)36)28(34)24-12-7-15-38-24)20-10-6-11-21(16-20)39-18-19-8-4-3-5-9-19/h3-17,27,35H,2,18H2,1H3. The van der Waals surface area contributed by atoms with Gasteiger partial charge >= 0.3 is 0 Å². The number of furan rings is 1. The van der Waals surface area contributed by atoms with E-state index in [1.54, 1.807) is 30.3 Å². The fraction of sp³-hybridized carbons (Fsp3) is 0.129. The van der Waals surface area contributed by atoms with Gasteiger partial charge < -0.3 is 19.0 Å². The summed E-state index contributed by atoms with van der Waals surface area (Å²) in [5, 5.41) is 11.4. The summed E-state index contributed by atoms with van der Waals surface area (Å²) in [7, 11) is 0. The second kappa shape index (κ2) is 10.7. The number of aliphatic hydroxyl groups is 1. The van der Waals surface area contributed by atoms with Crippen LogP contribution in [0.4, 0.5) is 5.13 Å². The van der Waals surface area contributed by atoms with E-state index in [1.807, 2.05) is 55.5 Å². The number of anilines is 1. The summed E-state index contributed by atoms with van der Waals surface area (Å²) in [4.78, 5) is 33.1. The highest BCUT2D eigenvalue weighted by Crippen LogP contribution is 2.45. The molecule has 40 heavy (non-hydrogen) atoms. The minimum Gasteiger partial charge on any atom is -0.503 e. The third-order valence-electron chi connectivity index (χ3n) is 6.49. The normalized spacial score (nSPS) is 15.2. The van der Waals surface area contributed by atoms with E-state index < -0.39 is 23.5 Å². The number of amides is 1. The number of Topliss-reactive ketones (excluding diaryl/α,β-unsaturated/α-hetero) is 1. The summed E-state index contributed by atoms with van der Waals surface area (Å²) in [6.45, 7) is 2.76. The lowest BCUT2D eigenvalue weighted by atomic mass is 9.95. The number of hydrogen-bond acceptors (Lipinski definition) is 8. The third-order valence-corrected chi connectivity index (χ3v) is 7.50. The summed E-state index contributed by atoms with van der Waals surface area (Å²) >= 11 is 1.27. The Balaban J connectivity index is 1.42. The molecule has 8 nitrogen and oxygen atoms in total. The van der Waals surface area contributed by atoms with Crippen LogP contribution in [0.2, 0.25) is 0 Å². The van der Waals surface area contributed by atoms with Crippen molar-refractivity contribution in [3.63, 3.8) is 0 Å². The van der Waals surface area contributed by atoms with Crippen LogP contribution in [0.1, 0.15) is 34.6 Å². The molecule has 2 aromatic heterocycles. The first-order valence-corrected chi connectivity index (χ1v) is 13.5. The van der Waals surface area contributed by atoms with Gasteiger partial charge in [-0.15, -0.1) is 0 Å². The molecular weight excluding hydrogens is 528 g/mol. The molecule has 0 radical (unpaired) electrons. The van der Waals surface area contributed by atoms with Gasteiger partial charge in [-0.3, -0.25) is 14.5 Å². The Bertz CT molecular complexity index is 1730. The average Bonchev–Trinajstić information content (AvgIpc) is 3.71. The van der Waals surface area contributed by atoms with E-state index in [0.29, 0.717) is 40.9 Å². The number of hydrogen-bond donors (Lipinski definition) is 1. The van der Waals surface area contributed by atoms with Gasteiger partial charge in [0.1, 0.15) is 18.1 Å². The number of carbonyl (C=O) groups is 2. The van der Waals surface area contributed by atoms with E-state index in [-0.39, 0.29) is 11.3 Å². The van der Waals surface area contributed by atoms with Gasteiger partial charge in [0.05, 0.1) is 34.7 Å². The zero-order chi connectivity index (χ0) is 27.6. The Morgan fingerprint density at radius 2 is 1.82 bits per heavy atom. The molecular formula is C31H24N2O6S. The van der Waals surface area contributed by atoms with Crippen molar-refractivity contribution in [2.45, 2.75) is 19.6 Å². The first kappa shape index (κ1) is 25.4. The van der Waals surface area contributed by atoms with Crippen LogP contribution in [0.25, 0.3) is 10.2 Å². The topological polar surface area (TPSA) is 102 Å². The Labute approximate surface area is 233 Å². The largest absolute Gasteiger partial charge is 0.503 e. The second-order valence-corrected chi connectivity index (χ2v) is 10.1. The van der Waals surface area contributed by atoms with Crippen molar-refractivity contribution < 1.29 is 28.6 Å². The number of ether oxygens (including phenoxy) is 2. The maximum Gasteiger partial charge on any atom is 0.296 e. The van der Waals surface area contributed by atoms with E-state index in [2.05, 4.69) is 4.98 Å². The molecule has 1 unspecified atom stereocenters. The summed E-state index contributed by atoms with van der Waals surface area (Å²) in [5.41, 5.74) is 2.15. The smallest absolute Gasteiger partial charge is 0.296 e. The van der Waals surface area contributed by atoms with E-state index in [1.165, 1.54) is 28.6 Å². The molecule has 1 N–H and O–H groups in total. The van der Waals surface area contributed by atoms with Crippen molar-refractivity contribution in [1.29, 1.82) is 0 Å². The molecule has 6 rings (SSSR count). The highest BCUT2D eigenvalue weighted by molar-refractivity contribution is 7.22. The van der Waals surface area contributed by atoms with Crippen LogP contribution in [0.15, 0.2) is 107 Å². The van der Waals surface area contributed by atoms with Gasteiger partial charge in [0, 0.05) is 0 Å². The minimum absolute atomic E-state index is 0.0170. The molecule has 1 atom stereocenters. The molecule has 3 aromatic carbocycles. The van der Waals surface area contributed by atoms with Crippen LogP contribution in [-0.2, 0) is 11.4 Å². The van der Waals surface area contributed by atoms with Gasteiger partial charge in [-0.25, -0.2) is 4.98 Å². The molecule has 0 bridgehead atoms. The number of thiazole rings is 1. The van der Waals surface area contributed by atoms with Gasteiger partial charge in [-0.1, -0.05) is 53.8 Å². The Morgan fingerprint density at radius 3 is 2.60 bits per heavy atom. The van der Waals surface area contributed by atoms with Crippen molar-refractivity contribution >= 4 is 38.4 Å². The fourth-order valence-corrected chi connectivity index (χ4v) is 5.68. The summed E-state index contributed by atoms with van der Waals surface area (Å²) in [5.74, 6) is -0.694. The Morgan fingerprint density at radius 1 is 1.00 bits per heavy atom. The number of aliphatic hydroxyl groups excluding tert-OH is 1. The monoisotopic (exact) mass is 552 g/mol. The van der Waals surface area contributed by atoms with E-state index in [0.717, 1.165) is 10.3 Å². The van der Waals surface area contributed by atoms with Gasteiger partial charge in [-0.05, 0) is 60.5 Å². The fourth-order valence-electron chi connectivity index (χ4n) is 4.66. The molecule has 0 fully saturated rings. The highest BCUT2D eigenvalue weighted by Gasteiger charge is 2.46. The van der Waals surface area contributed by atoms with Crippen molar-refractivity contribution in [1.82, 2.24) is 4.98 Å². The van der Waals surface area contributed by atoms with Crippen LogP contribution in [0, 0.1) is 0 Å². The summed E-state index contributed by atoms with van der Waals surface area (Å²) < 4.78 is 17.8. The van der Waals surface area contributed by atoms with Crippen LogP contribution in [-0.4, -0.2) is 28.4 Å². The molecule has 1 aliphatic heterocycles. The maximum atomic E-state index is 13.6. The highest BCUT2D eigenvalue weighted by atomic mass is 32.1. The Kier molecular flexibility index (Phi) is 6.79. The second-order valence-electron chi connectivity index (χ2n) is 9.05. The first-order valence-electron chi connectivity index (χ1n) is 12.7. The van der Waals surface area contributed by atoms with Crippen LogP contribution < -0.4 is 14.4 Å². The first-order chi connectivity index (χ1) is 19.5.